The Balaban J connectivity index is 1.51. The fourth-order valence-corrected chi connectivity index (χ4v) is 5.44. The van der Waals surface area contributed by atoms with E-state index in [2.05, 4.69) is 16.0 Å². The molecule has 0 aromatic heterocycles. The number of ether oxygens (including phenoxy) is 1. The van der Waals surface area contributed by atoms with Crippen LogP contribution in [-0.2, 0) is 9.59 Å². The fourth-order valence-electron chi connectivity index (χ4n) is 4.08. The van der Waals surface area contributed by atoms with Gasteiger partial charge in [-0.3, -0.25) is 14.4 Å². The molecule has 10 heteroatoms. The van der Waals surface area contributed by atoms with E-state index in [0.717, 1.165) is 4.90 Å². The van der Waals surface area contributed by atoms with Crippen LogP contribution in [0.25, 0.3) is 6.08 Å². The Morgan fingerprint density at radius 1 is 0.864 bits per heavy atom. The lowest BCUT2D eigenvalue weighted by Gasteiger charge is -2.16. The fraction of sp³-hybridized carbons (Fsp3) is 0.147. The van der Waals surface area contributed by atoms with Crippen LogP contribution in [0, 0.1) is 0 Å². The Kier molecular flexibility index (Phi) is 11.9. The minimum absolute atomic E-state index is 0.0604. The van der Waals surface area contributed by atoms with Crippen molar-refractivity contribution < 1.29 is 19.1 Å². The summed E-state index contributed by atoms with van der Waals surface area (Å²) in [4.78, 5) is 40.3. The Bertz CT molecular complexity index is 1650. The van der Waals surface area contributed by atoms with Crippen molar-refractivity contribution in [3.05, 3.63) is 124 Å². The molecule has 44 heavy (non-hydrogen) atoms. The van der Waals surface area contributed by atoms with E-state index >= 15 is 0 Å². The van der Waals surface area contributed by atoms with Gasteiger partial charge in [-0.05, 0) is 79.6 Å². The molecule has 0 fully saturated rings. The van der Waals surface area contributed by atoms with Crippen molar-refractivity contribution in [2.24, 2.45) is 0 Å². The first kappa shape index (κ1) is 32.7. The molecule has 3 amide bonds. The predicted octanol–water partition coefficient (Wildman–Crippen LogP) is 8.31. The Morgan fingerprint density at radius 2 is 1.59 bits per heavy atom. The van der Waals surface area contributed by atoms with Gasteiger partial charge in [-0.15, -0.1) is 11.8 Å². The highest BCUT2D eigenvalue weighted by molar-refractivity contribution is 8.00. The summed E-state index contributed by atoms with van der Waals surface area (Å²) in [5.41, 5.74) is 2.12. The zero-order valence-electron chi connectivity index (χ0n) is 24.1. The molecular weight excluding hydrogens is 617 g/mol. The van der Waals surface area contributed by atoms with Crippen LogP contribution in [0.1, 0.15) is 36.2 Å². The lowest BCUT2D eigenvalue weighted by Crippen LogP contribution is -2.30. The first-order chi connectivity index (χ1) is 21.3. The summed E-state index contributed by atoms with van der Waals surface area (Å²) in [6, 6.07) is 28.1. The van der Waals surface area contributed by atoms with Gasteiger partial charge in [0.05, 0.1) is 27.6 Å². The molecule has 0 saturated heterocycles. The van der Waals surface area contributed by atoms with Gasteiger partial charge in [0.2, 0.25) is 5.91 Å². The topological polar surface area (TPSA) is 96.5 Å². The van der Waals surface area contributed by atoms with Crippen molar-refractivity contribution in [3.63, 3.8) is 0 Å². The molecule has 7 nitrogen and oxygen atoms in total. The third-order valence-corrected chi connectivity index (χ3v) is 8.45. The van der Waals surface area contributed by atoms with Gasteiger partial charge in [-0.2, -0.15) is 0 Å². The quantitative estimate of drug-likeness (QED) is 0.106. The Labute approximate surface area is 271 Å². The molecule has 0 spiro atoms. The average molecular weight is 649 g/mol. The number of thioether (sulfide) groups is 1. The van der Waals surface area contributed by atoms with Gasteiger partial charge in [-0.25, -0.2) is 0 Å². The molecule has 0 bridgehead atoms. The van der Waals surface area contributed by atoms with E-state index < -0.39 is 17.1 Å². The molecule has 0 aliphatic carbocycles. The highest BCUT2D eigenvalue weighted by Crippen LogP contribution is 2.32. The van der Waals surface area contributed by atoms with Gasteiger partial charge in [0.15, 0.2) is 0 Å². The van der Waals surface area contributed by atoms with E-state index in [1.165, 1.54) is 11.8 Å². The number of anilines is 2. The van der Waals surface area contributed by atoms with Gasteiger partial charge in [-0.1, -0.05) is 72.6 Å². The van der Waals surface area contributed by atoms with Crippen LogP contribution < -0.4 is 20.7 Å². The summed E-state index contributed by atoms with van der Waals surface area (Å²) >= 11 is 13.7. The van der Waals surface area contributed by atoms with Crippen molar-refractivity contribution in [2.75, 3.05) is 17.2 Å². The van der Waals surface area contributed by atoms with Gasteiger partial charge >= 0.3 is 0 Å². The van der Waals surface area contributed by atoms with Crippen molar-refractivity contribution in [1.82, 2.24) is 5.32 Å². The number of carbonyl (C=O) groups is 3. The van der Waals surface area contributed by atoms with Crippen LogP contribution in [0.15, 0.2) is 108 Å². The third-order valence-electron chi connectivity index (χ3n) is 6.27. The molecule has 3 N–H and O–H groups in total. The van der Waals surface area contributed by atoms with Crippen LogP contribution >= 0.6 is 35.0 Å². The van der Waals surface area contributed by atoms with Crippen LogP contribution in [0.4, 0.5) is 11.4 Å². The number of hydrogen-bond acceptors (Lipinski definition) is 5. The number of hydrogen-bond donors (Lipinski definition) is 3. The second kappa shape index (κ2) is 16.0. The summed E-state index contributed by atoms with van der Waals surface area (Å²) in [5, 5.41) is 8.66. The second-order valence-electron chi connectivity index (χ2n) is 9.47. The number of halogens is 2. The van der Waals surface area contributed by atoms with Crippen molar-refractivity contribution in [3.8, 4) is 5.75 Å². The first-order valence-electron chi connectivity index (χ1n) is 13.9. The highest BCUT2D eigenvalue weighted by Gasteiger charge is 2.20. The second-order valence-corrected chi connectivity index (χ2v) is 11.5. The molecule has 0 saturated carbocycles. The zero-order chi connectivity index (χ0) is 31.5. The van der Waals surface area contributed by atoms with Crippen molar-refractivity contribution in [2.45, 2.75) is 30.4 Å². The summed E-state index contributed by atoms with van der Waals surface area (Å²) in [7, 11) is 0. The molecule has 0 radical (unpaired) electrons. The van der Waals surface area contributed by atoms with E-state index in [9.17, 15) is 14.4 Å². The monoisotopic (exact) mass is 647 g/mol. The van der Waals surface area contributed by atoms with Crippen molar-refractivity contribution >= 4 is 70.1 Å². The van der Waals surface area contributed by atoms with Gasteiger partial charge in [0.1, 0.15) is 11.4 Å². The molecule has 1 unspecified atom stereocenters. The maximum absolute atomic E-state index is 13.5. The lowest BCUT2D eigenvalue weighted by molar-refractivity contribution is -0.116. The number of carbonyl (C=O) groups excluding carboxylic acids is 3. The zero-order valence-corrected chi connectivity index (χ0v) is 26.4. The molecule has 226 valence electrons. The van der Waals surface area contributed by atoms with E-state index in [4.69, 9.17) is 27.9 Å². The maximum atomic E-state index is 13.5. The van der Waals surface area contributed by atoms with Crippen LogP contribution in [0.5, 0.6) is 5.75 Å². The van der Waals surface area contributed by atoms with E-state index in [0.29, 0.717) is 46.3 Å². The summed E-state index contributed by atoms with van der Waals surface area (Å²) in [5.74, 6) is -0.446. The van der Waals surface area contributed by atoms with Gasteiger partial charge in [0, 0.05) is 16.1 Å². The minimum Gasteiger partial charge on any atom is -0.494 e. The standard InChI is InChI=1S/C34H31Cl2N3O4S/c1-3-30(34(42)38-28-15-9-14-27(35)31(28)36)44-26-13-8-12-24(21-26)37-33(41)29(39-32(40)23-10-6-5-7-11-23)20-22-16-18-25(19-17-22)43-4-2/h5-21,30H,3-4H2,1-2H3,(H,37,41)(H,38,42)(H,39,40)/b29-20+. The molecule has 0 heterocycles. The van der Waals surface area contributed by atoms with E-state index in [1.807, 2.05) is 26.0 Å². The Morgan fingerprint density at radius 3 is 2.30 bits per heavy atom. The van der Waals surface area contributed by atoms with Crippen LogP contribution in [-0.4, -0.2) is 29.6 Å². The largest absolute Gasteiger partial charge is 0.494 e. The number of amides is 3. The van der Waals surface area contributed by atoms with E-state index in [1.54, 1.807) is 91.0 Å². The molecule has 0 aliphatic rings. The van der Waals surface area contributed by atoms with Gasteiger partial charge < -0.3 is 20.7 Å². The van der Waals surface area contributed by atoms with Crippen molar-refractivity contribution in [1.29, 1.82) is 0 Å². The molecule has 4 aromatic carbocycles. The first-order valence-corrected chi connectivity index (χ1v) is 15.5. The SMILES string of the molecule is CCOc1ccc(/C=C(/NC(=O)c2ccccc2)C(=O)Nc2cccc(SC(CC)C(=O)Nc3cccc(Cl)c3Cl)c2)cc1. The smallest absolute Gasteiger partial charge is 0.272 e. The predicted molar refractivity (Wildman–Crippen MR) is 180 cm³/mol. The highest BCUT2D eigenvalue weighted by atomic mass is 35.5. The lowest BCUT2D eigenvalue weighted by atomic mass is 10.1. The average Bonchev–Trinajstić information content (AvgIpc) is 3.03. The van der Waals surface area contributed by atoms with Gasteiger partial charge in [0.25, 0.3) is 11.8 Å². The molecule has 4 rings (SSSR count). The van der Waals surface area contributed by atoms with E-state index in [-0.39, 0.29) is 16.6 Å². The third kappa shape index (κ3) is 9.13. The Hall–Kier alpha value is -4.24. The molecule has 0 aliphatic heterocycles. The molecule has 4 aromatic rings. The summed E-state index contributed by atoms with van der Waals surface area (Å²) in [6.45, 7) is 4.35. The normalized spacial score (nSPS) is 11.8. The number of rotatable bonds is 12. The molecule has 1 atom stereocenters. The number of benzene rings is 4. The molecular formula is C34H31Cl2N3O4S. The van der Waals surface area contributed by atoms with Crippen LogP contribution in [0.2, 0.25) is 10.0 Å². The summed E-state index contributed by atoms with van der Waals surface area (Å²) < 4.78 is 5.51. The number of nitrogens with one attached hydrogen (secondary N) is 3. The van der Waals surface area contributed by atoms with Crippen LogP contribution in [0.3, 0.4) is 0 Å². The maximum Gasteiger partial charge on any atom is 0.272 e. The summed E-state index contributed by atoms with van der Waals surface area (Å²) in [6.07, 6.45) is 2.15. The minimum atomic E-state index is -0.509.